The van der Waals surface area contributed by atoms with Gasteiger partial charge in [-0.15, -0.1) is 4.52 Å². The molecule has 0 saturated carbocycles. The van der Waals surface area contributed by atoms with Crippen LogP contribution in [0, 0.1) is 11.3 Å². The van der Waals surface area contributed by atoms with Crippen LogP contribution in [0.3, 0.4) is 0 Å². The zero-order valence-electron chi connectivity index (χ0n) is 17.2. The van der Waals surface area contributed by atoms with E-state index in [-0.39, 0.29) is 12.2 Å². The lowest BCUT2D eigenvalue weighted by atomic mass is 9.84. The summed E-state index contributed by atoms with van der Waals surface area (Å²) in [6.07, 6.45) is 2.09. The van der Waals surface area contributed by atoms with Crippen molar-refractivity contribution < 1.29 is 28.1 Å². The third-order valence-electron chi connectivity index (χ3n) is 3.96. The van der Waals surface area contributed by atoms with Crippen LogP contribution in [-0.2, 0) is 13.8 Å². The van der Waals surface area contributed by atoms with Crippen LogP contribution in [0.25, 0.3) is 0 Å². The fourth-order valence-corrected chi connectivity index (χ4v) is 3.69. The first-order valence-corrected chi connectivity index (χ1v) is 10.3. The Bertz CT molecular complexity index is 601. The maximum absolute atomic E-state index is 12.4. The molecular formula is C20H32O6P+. The molecule has 0 aliphatic carbocycles. The molecule has 0 amide bonds. The molecule has 27 heavy (non-hydrogen) atoms. The molecule has 0 radical (unpaired) electrons. The Balaban J connectivity index is 2.40. The van der Waals surface area contributed by atoms with Gasteiger partial charge in [-0.1, -0.05) is 33.8 Å². The van der Waals surface area contributed by atoms with Crippen LogP contribution in [0.2, 0.25) is 0 Å². The van der Waals surface area contributed by atoms with Gasteiger partial charge in [0.25, 0.3) is 0 Å². The van der Waals surface area contributed by atoms with E-state index in [2.05, 4.69) is 27.7 Å². The quantitative estimate of drug-likeness (QED) is 0.360. The van der Waals surface area contributed by atoms with Gasteiger partial charge >= 0.3 is 13.6 Å². The van der Waals surface area contributed by atoms with Gasteiger partial charge in [-0.2, -0.15) is 0 Å². The lowest BCUT2D eigenvalue weighted by Gasteiger charge is -2.23. The largest absolute Gasteiger partial charge is 0.593 e. The maximum Gasteiger partial charge on any atom is 0.593 e. The zero-order chi connectivity index (χ0) is 20.4. The minimum absolute atomic E-state index is 0.0893. The van der Waals surface area contributed by atoms with E-state index in [1.54, 1.807) is 18.2 Å². The average molecular weight is 399 g/mol. The van der Waals surface area contributed by atoms with Gasteiger partial charge < -0.3 is 14.2 Å². The van der Waals surface area contributed by atoms with Gasteiger partial charge in [-0.25, -0.2) is 4.79 Å². The summed E-state index contributed by atoms with van der Waals surface area (Å²) in [5, 5.41) is 0. The third kappa shape index (κ3) is 8.37. The summed E-state index contributed by atoms with van der Waals surface area (Å²) >= 11 is 0. The zero-order valence-corrected chi connectivity index (χ0v) is 18.1. The van der Waals surface area contributed by atoms with E-state index in [0.29, 0.717) is 36.0 Å². The normalized spacial score (nSPS) is 13.2. The van der Waals surface area contributed by atoms with Crippen LogP contribution >= 0.6 is 8.03 Å². The minimum Gasteiger partial charge on any atom is -0.496 e. The molecule has 1 rings (SSSR count). The van der Waals surface area contributed by atoms with E-state index >= 15 is 0 Å². The van der Waals surface area contributed by atoms with Crippen molar-refractivity contribution in [3.63, 3.8) is 0 Å². The van der Waals surface area contributed by atoms with Gasteiger partial charge in [0, 0.05) is 6.61 Å². The van der Waals surface area contributed by atoms with Crippen molar-refractivity contribution in [1.82, 2.24) is 0 Å². The molecule has 2 unspecified atom stereocenters. The predicted molar refractivity (Wildman–Crippen MR) is 106 cm³/mol. The molecule has 7 heteroatoms. The van der Waals surface area contributed by atoms with Crippen LogP contribution in [0.1, 0.15) is 50.9 Å². The van der Waals surface area contributed by atoms with Crippen LogP contribution in [0.15, 0.2) is 18.2 Å². The smallest absolute Gasteiger partial charge is 0.496 e. The molecule has 0 N–H and O–H groups in total. The van der Waals surface area contributed by atoms with Crippen molar-refractivity contribution in [3.8, 4) is 11.5 Å². The second kappa shape index (κ2) is 11.4. The Kier molecular flexibility index (Phi) is 9.92. The molecule has 0 fully saturated rings. The predicted octanol–water partition coefficient (Wildman–Crippen LogP) is 5.08. The van der Waals surface area contributed by atoms with Crippen molar-refractivity contribution in [2.75, 3.05) is 34.0 Å². The number of ether oxygens (including phenoxy) is 3. The van der Waals surface area contributed by atoms with Gasteiger partial charge in [-0.3, -0.25) is 0 Å². The van der Waals surface area contributed by atoms with E-state index in [0.717, 1.165) is 12.8 Å². The topological polar surface area (TPSA) is 71.1 Å². The van der Waals surface area contributed by atoms with Crippen LogP contribution in [0.5, 0.6) is 11.5 Å². The Morgan fingerprint density at radius 1 is 1.07 bits per heavy atom. The summed E-state index contributed by atoms with van der Waals surface area (Å²) in [6.45, 7) is 9.88. The second-order valence-corrected chi connectivity index (χ2v) is 8.88. The summed E-state index contributed by atoms with van der Waals surface area (Å²) in [6, 6.07) is 4.92. The molecule has 0 aromatic heterocycles. The van der Waals surface area contributed by atoms with E-state index in [9.17, 15) is 9.36 Å². The van der Waals surface area contributed by atoms with E-state index in [4.69, 9.17) is 18.7 Å². The molecule has 6 nitrogen and oxygen atoms in total. The van der Waals surface area contributed by atoms with Crippen LogP contribution in [-0.4, -0.2) is 39.6 Å². The highest BCUT2D eigenvalue weighted by molar-refractivity contribution is 7.60. The van der Waals surface area contributed by atoms with Crippen molar-refractivity contribution >= 4 is 13.6 Å². The fourth-order valence-electron chi connectivity index (χ4n) is 2.93. The number of hydrogen-bond acceptors (Lipinski definition) is 6. The molecule has 0 aliphatic rings. The first-order valence-electron chi connectivity index (χ1n) is 9.13. The Morgan fingerprint density at radius 2 is 1.67 bits per heavy atom. The highest BCUT2D eigenvalue weighted by Crippen LogP contribution is 2.37. The second-order valence-electron chi connectivity index (χ2n) is 7.70. The summed E-state index contributed by atoms with van der Waals surface area (Å²) in [7, 11) is 0.334. The number of carbonyl (C=O) groups is 1. The monoisotopic (exact) mass is 399 g/mol. The molecule has 0 bridgehead atoms. The van der Waals surface area contributed by atoms with E-state index in [1.807, 2.05) is 0 Å². The lowest BCUT2D eigenvalue weighted by molar-refractivity contribution is 0.0871. The maximum atomic E-state index is 12.4. The molecule has 0 spiro atoms. The fraction of sp³-hybridized carbons (Fsp3) is 0.650. The van der Waals surface area contributed by atoms with Crippen molar-refractivity contribution in [1.29, 1.82) is 0 Å². The van der Waals surface area contributed by atoms with E-state index < -0.39 is 13.6 Å². The highest BCUT2D eigenvalue weighted by atomic mass is 31.1. The van der Waals surface area contributed by atoms with Crippen molar-refractivity contribution in [2.24, 2.45) is 11.3 Å². The molecule has 1 aromatic carbocycles. The highest BCUT2D eigenvalue weighted by Gasteiger charge is 2.37. The lowest BCUT2D eigenvalue weighted by Crippen LogP contribution is -2.13. The number of benzene rings is 1. The summed E-state index contributed by atoms with van der Waals surface area (Å²) < 4.78 is 33.2. The number of rotatable bonds is 12. The Labute approximate surface area is 163 Å². The van der Waals surface area contributed by atoms with Gasteiger partial charge in [0.2, 0.25) is 0 Å². The first kappa shape index (κ1) is 23.5. The summed E-state index contributed by atoms with van der Waals surface area (Å²) in [5.41, 5.74) is -0.223. The average Bonchev–Trinajstić information content (AvgIpc) is 2.61. The summed E-state index contributed by atoms with van der Waals surface area (Å²) in [5.74, 6) is 1.17. The third-order valence-corrected chi connectivity index (χ3v) is 4.93. The van der Waals surface area contributed by atoms with Crippen LogP contribution < -0.4 is 9.47 Å². The van der Waals surface area contributed by atoms with Gasteiger partial charge in [-0.05, 0) is 40.9 Å². The molecule has 1 aromatic rings. The molecule has 152 valence electrons. The molecule has 0 aliphatic heterocycles. The standard InChI is InChI=1S/C20H32O6P/c1-15(14-20(2,3)4)10-11-25-12-13-26-27(22)19(21)18-16(23-5)8-7-9-17(18)24-6/h7-9,15H,10-14H2,1-6H3/q+1. The molecular weight excluding hydrogens is 367 g/mol. The van der Waals surface area contributed by atoms with Gasteiger partial charge in [0.1, 0.15) is 18.1 Å². The Hall–Kier alpha value is -1.49. The molecule has 0 saturated heterocycles. The number of methoxy groups -OCH3 is 2. The van der Waals surface area contributed by atoms with E-state index in [1.165, 1.54) is 14.2 Å². The van der Waals surface area contributed by atoms with Crippen molar-refractivity contribution in [2.45, 2.75) is 40.5 Å². The molecule has 2 atom stereocenters. The first-order chi connectivity index (χ1) is 12.7. The van der Waals surface area contributed by atoms with Gasteiger partial charge in [0.15, 0.2) is 5.56 Å². The van der Waals surface area contributed by atoms with Crippen LogP contribution in [0.4, 0.5) is 0 Å². The molecule has 0 heterocycles. The number of hydrogen-bond donors (Lipinski definition) is 0. The Morgan fingerprint density at radius 3 is 2.19 bits per heavy atom. The van der Waals surface area contributed by atoms with Gasteiger partial charge in [0.05, 0.1) is 20.8 Å². The van der Waals surface area contributed by atoms with Crippen molar-refractivity contribution in [3.05, 3.63) is 23.8 Å². The number of carbonyl (C=O) groups excluding carboxylic acids is 1. The summed E-state index contributed by atoms with van der Waals surface area (Å²) in [4.78, 5) is 12.4. The SMILES string of the molecule is COc1cccc(OC)c1C(=O)[P+](=O)OCCOCCC(C)CC(C)(C)C. The minimum atomic E-state index is -2.54.